The first-order valence-corrected chi connectivity index (χ1v) is 11.5. The van der Waals surface area contributed by atoms with Crippen molar-refractivity contribution < 1.29 is 14.7 Å². The molecule has 0 bridgehead atoms. The molecular formula is C28H36BrN3O3. The van der Waals surface area contributed by atoms with Crippen LogP contribution in [0.1, 0.15) is 86.6 Å². The van der Waals surface area contributed by atoms with Crippen LogP contribution in [0.5, 0.6) is 5.75 Å². The quantitative estimate of drug-likeness (QED) is 0.344. The second kappa shape index (κ2) is 9.97. The molecule has 1 aliphatic rings. The molecule has 3 rings (SSSR count). The third-order valence-electron chi connectivity index (χ3n) is 6.22. The van der Waals surface area contributed by atoms with Crippen molar-refractivity contribution in [3.8, 4) is 5.75 Å². The third kappa shape index (κ3) is 6.01. The van der Waals surface area contributed by atoms with E-state index in [0.717, 1.165) is 27.8 Å². The number of aromatic hydroxyl groups is 1. The van der Waals surface area contributed by atoms with E-state index < -0.39 is 5.91 Å². The van der Waals surface area contributed by atoms with Gasteiger partial charge in [-0.15, -0.1) is 17.0 Å². The minimum Gasteiger partial charge on any atom is -0.507 e. The standard InChI is InChI=1S/C28H35N3O3.BrH/c1-16(26(30)34)10-17-8-9-18-14-31(25(29)20(18)11-17)15-23(32)19-12-21(27(2,3)4)24(33)22(13-19)28(5,6)7;/h8-13,29,33H,14-15H2,1-7H3,(H2,30,34);1H. The number of Topliss-reactive ketones (excluding diaryl/α,β-unsaturated/α-hetero) is 1. The summed E-state index contributed by atoms with van der Waals surface area (Å²) in [6.07, 6.45) is 1.70. The zero-order valence-electron chi connectivity index (χ0n) is 21.6. The lowest BCUT2D eigenvalue weighted by Crippen LogP contribution is -2.30. The number of carbonyl (C=O) groups is 2. The number of primary amides is 1. The molecule has 0 saturated carbocycles. The van der Waals surface area contributed by atoms with Crippen LogP contribution in [0.15, 0.2) is 35.9 Å². The van der Waals surface area contributed by atoms with Crippen molar-refractivity contribution in [1.29, 1.82) is 5.41 Å². The van der Waals surface area contributed by atoms with Gasteiger partial charge in [0.2, 0.25) is 5.91 Å². The highest BCUT2D eigenvalue weighted by atomic mass is 79.9. The molecule has 7 heteroatoms. The highest BCUT2D eigenvalue weighted by Crippen LogP contribution is 2.40. The minimum atomic E-state index is -0.485. The normalized spacial score (nSPS) is 14.0. The highest BCUT2D eigenvalue weighted by molar-refractivity contribution is 8.93. The molecule has 0 spiro atoms. The molecule has 1 aliphatic heterocycles. The molecule has 0 fully saturated rings. The van der Waals surface area contributed by atoms with E-state index in [1.54, 1.807) is 30.0 Å². The molecule has 6 nitrogen and oxygen atoms in total. The van der Waals surface area contributed by atoms with Crippen LogP contribution in [-0.2, 0) is 22.2 Å². The number of amidine groups is 1. The van der Waals surface area contributed by atoms with E-state index in [1.165, 1.54) is 0 Å². The number of benzene rings is 2. The Hall–Kier alpha value is -2.93. The number of ketones is 1. The molecule has 2 aromatic rings. The van der Waals surface area contributed by atoms with Gasteiger partial charge in [-0.1, -0.05) is 53.7 Å². The summed E-state index contributed by atoms with van der Waals surface area (Å²) < 4.78 is 0. The van der Waals surface area contributed by atoms with Crippen molar-refractivity contribution in [1.82, 2.24) is 4.90 Å². The maximum absolute atomic E-state index is 13.4. The van der Waals surface area contributed by atoms with E-state index in [0.29, 0.717) is 17.7 Å². The zero-order chi connectivity index (χ0) is 25.6. The van der Waals surface area contributed by atoms with Crippen LogP contribution in [0.2, 0.25) is 0 Å². The number of amides is 1. The van der Waals surface area contributed by atoms with Gasteiger partial charge in [0.15, 0.2) is 5.78 Å². The SMILES string of the molecule is Br.CC(=Cc1ccc2c(c1)C(=N)N(CC(=O)c1cc(C(C)(C)C)c(O)c(C(C)(C)C)c1)C2)C(N)=O. The Balaban J connectivity index is 0.00000432. The van der Waals surface area contributed by atoms with Crippen LogP contribution in [-0.4, -0.2) is 34.1 Å². The number of carbonyl (C=O) groups excluding carboxylic acids is 2. The zero-order valence-corrected chi connectivity index (χ0v) is 23.3. The third-order valence-corrected chi connectivity index (χ3v) is 6.22. The fourth-order valence-corrected chi connectivity index (χ4v) is 4.16. The number of phenols is 1. The summed E-state index contributed by atoms with van der Waals surface area (Å²) in [5.41, 5.74) is 9.62. The van der Waals surface area contributed by atoms with Gasteiger partial charge in [0.05, 0.1) is 6.54 Å². The molecule has 188 valence electrons. The van der Waals surface area contributed by atoms with Gasteiger partial charge in [-0.25, -0.2) is 0 Å². The van der Waals surface area contributed by atoms with Gasteiger partial charge >= 0.3 is 0 Å². The average molecular weight is 543 g/mol. The molecule has 0 aliphatic carbocycles. The summed E-state index contributed by atoms with van der Waals surface area (Å²) in [7, 11) is 0. The second-order valence-electron chi connectivity index (χ2n) is 11.2. The van der Waals surface area contributed by atoms with Crippen molar-refractivity contribution in [3.05, 3.63) is 69.3 Å². The first-order valence-electron chi connectivity index (χ1n) is 11.5. The van der Waals surface area contributed by atoms with Gasteiger partial charge in [0, 0.05) is 34.4 Å². The Morgan fingerprint density at radius 3 is 2.09 bits per heavy atom. The average Bonchev–Trinajstić information content (AvgIpc) is 3.01. The van der Waals surface area contributed by atoms with E-state index in [-0.39, 0.29) is 51.7 Å². The first kappa shape index (κ1) is 28.3. The largest absolute Gasteiger partial charge is 0.507 e. The van der Waals surface area contributed by atoms with Crippen LogP contribution >= 0.6 is 17.0 Å². The number of phenolic OH excluding ortho intramolecular Hbond substituents is 1. The van der Waals surface area contributed by atoms with Crippen LogP contribution in [0, 0.1) is 5.41 Å². The van der Waals surface area contributed by atoms with Crippen molar-refractivity contribution >= 4 is 40.6 Å². The predicted octanol–water partition coefficient (Wildman–Crippen LogP) is 5.48. The Kier molecular flexibility index (Phi) is 8.07. The summed E-state index contributed by atoms with van der Waals surface area (Å²) in [4.78, 5) is 26.5. The van der Waals surface area contributed by atoms with Crippen molar-refractivity contribution in [2.24, 2.45) is 5.73 Å². The van der Waals surface area contributed by atoms with Crippen LogP contribution in [0.25, 0.3) is 6.08 Å². The fraction of sp³-hybridized carbons (Fsp3) is 0.393. The number of hydrogen-bond donors (Lipinski definition) is 3. The number of halogens is 1. The minimum absolute atomic E-state index is 0. The topological polar surface area (TPSA) is 107 Å². The van der Waals surface area contributed by atoms with Crippen LogP contribution in [0.3, 0.4) is 0 Å². The Labute approximate surface area is 218 Å². The number of nitrogens with two attached hydrogens (primary N) is 1. The van der Waals surface area contributed by atoms with E-state index in [1.807, 2.05) is 59.7 Å². The van der Waals surface area contributed by atoms with Gasteiger partial charge in [-0.2, -0.15) is 0 Å². The lowest BCUT2D eigenvalue weighted by atomic mass is 9.78. The highest BCUT2D eigenvalue weighted by Gasteiger charge is 2.30. The fourth-order valence-electron chi connectivity index (χ4n) is 4.16. The van der Waals surface area contributed by atoms with Gasteiger partial charge in [-0.3, -0.25) is 15.0 Å². The second-order valence-corrected chi connectivity index (χ2v) is 11.2. The number of fused-ring (bicyclic) bond motifs is 1. The Bertz CT molecular complexity index is 1180. The monoisotopic (exact) mass is 541 g/mol. The maximum atomic E-state index is 13.4. The van der Waals surface area contributed by atoms with E-state index in [9.17, 15) is 14.7 Å². The van der Waals surface area contributed by atoms with Gasteiger partial charge in [0.25, 0.3) is 0 Å². The molecule has 0 aromatic heterocycles. The predicted molar refractivity (Wildman–Crippen MR) is 147 cm³/mol. The molecular weight excluding hydrogens is 506 g/mol. The van der Waals surface area contributed by atoms with Crippen LogP contribution < -0.4 is 5.73 Å². The summed E-state index contributed by atoms with van der Waals surface area (Å²) in [5, 5.41) is 19.6. The Morgan fingerprint density at radius 2 is 1.60 bits per heavy atom. The summed E-state index contributed by atoms with van der Waals surface area (Å²) in [6, 6.07) is 9.23. The molecule has 1 heterocycles. The number of rotatable bonds is 5. The summed E-state index contributed by atoms with van der Waals surface area (Å²) >= 11 is 0. The lowest BCUT2D eigenvalue weighted by Gasteiger charge is -2.28. The van der Waals surface area contributed by atoms with E-state index >= 15 is 0 Å². The van der Waals surface area contributed by atoms with E-state index in [4.69, 9.17) is 11.1 Å². The summed E-state index contributed by atoms with van der Waals surface area (Å²) in [6.45, 7) is 14.3. The molecule has 0 saturated heterocycles. The Morgan fingerprint density at radius 1 is 1.06 bits per heavy atom. The smallest absolute Gasteiger partial charge is 0.244 e. The van der Waals surface area contributed by atoms with Gasteiger partial charge in [0.1, 0.15) is 11.6 Å². The van der Waals surface area contributed by atoms with E-state index in [2.05, 4.69) is 0 Å². The number of nitrogens with one attached hydrogen (secondary N) is 1. The number of nitrogens with zero attached hydrogens (tertiary/aromatic N) is 1. The molecule has 4 N–H and O–H groups in total. The van der Waals surface area contributed by atoms with Crippen molar-refractivity contribution in [2.75, 3.05) is 6.54 Å². The number of hydrogen-bond acceptors (Lipinski definition) is 4. The summed E-state index contributed by atoms with van der Waals surface area (Å²) in [5.74, 6) is -0.0647. The molecule has 35 heavy (non-hydrogen) atoms. The molecule has 0 unspecified atom stereocenters. The van der Waals surface area contributed by atoms with Crippen LogP contribution in [0.4, 0.5) is 0 Å². The molecule has 0 radical (unpaired) electrons. The van der Waals surface area contributed by atoms with Crippen molar-refractivity contribution in [2.45, 2.75) is 65.8 Å². The van der Waals surface area contributed by atoms with Crippen molar-refractivity contribution in [3.63, 3.8) is 0 Å². The first-order chi connectivity index (χ1) is 15.6. The van der Waals surface area contributed by atoms with Gasteiger partial charge in [-0.05, 0) is 53.2 Å². The molecule has 1 amide bonds. The molecule has 0 atom stereocenters. The lowest BCUT2D eigenvalue weighted by molar-refractivity contribution is -0.114. The van der Waals surface area contributed by atoms with Gasteiger partial charge < -0.3 is 15.7 Å². The molecule has 2 aromatic carbocycles. The maximum Gasteiger partial charge on any atom is 0.244 e.